The molecule has 1 aromatic carbocycles. The Bertz CT molecular complexity index is 661. The van der Waals surface area contributed by atoms with Gasteiger partial charge in [-0.2, -0.15) is 0 Å². The van der Waals surface area contributed by atoms with Crippen molar-refractivity contribution in [1.82, 2.24) is 5.32 Å². The van der Waals surface area contributed by atoms with Gasteiger partial charge in [0.2, 0.25) is 0 Å². The maximum absolute atomic E-state index is 12.5. The topological polar surface area (TPSA) is 38.3 Å². The van der Waals surface area contributed by atoms with E-state index in [0.29, 0.717) is 23.8 Å². The van der Waals surface area contributed by atoms with Crippen LogP contribution in [0, 0.1) is 12.8 Å². The highest BCUT2D eigenvalue weighted by molar-refractivity contribution is 7.12. The van der Waals surface area contributed by atoms with Crippen molar-refractivity contribution in [1.29, 1.82) is 0 Å². The van der Waals surface area contributed by atoms with Crippen LogP contribution in [0.1, 0.15) is 45.9 Å². The molecule has 1 fully saturated rings. The number of hydrogen-bond donors (Lipinski definition) is 1. The Labute approximate surface area is 135 Å². The standard InChI is InChI=1S/C18H21NO2S/c1-12-7-10-17(22-12)13(2)19-18(20)15-5-3-4-6-16(15)21-11-14-8-9-14/h3-7,10,13-14H,8-9,11H2,1-2H3,(H,19,20). The van der Waals surface area contributed by atoms with Crippen LogP contribution in [0.4, 0.5) is 0 Å². The lowest BCUT2D eigenvalue weighted by molar-refractivity contribution is 0.0936. The van der Waals surface area contributed by atoms with Crippen molar-refractivity contribution >= 4 is 17.2 Å². The molecule has 3 rings (SSSR count). The lowest BCUT2D eigenvalue weighted by atomic mass is 10.1. The van der Waals surface area contributed by atoms with Crippen LogP contribution in [0.5, 0.6) is 5.75 Å². The second-order valence-electron chi connectivity index (χ2n) is 5.89. The van der Waals surface area contributed by atoms with Gasteiger partial charge in [-0.15, -0.1) is 11.3 Å². The maximum atomic E-state index is 12.5. The number of amides is 1. The van der Waals surface area contributed by atoms with Crippen molar-refractivity contribution in [3.8, 4) is 5.75 Å². The van der Waals surface area contributed by atoms with E-state index in [4.69, 9.17) is 4.74 Å². The Kier molecular flexibility index (Phi) is 4.48. The van der Waals surface area contributed by atoms with E-state index in [1.54, 1.807) is 11.3 Å². The molecule has 1 heterocycles. The fraction of sp³-hybridized carbons (Fsp3) is 0.389. The van der Waals surface area contributed by atoms with E-state index < -0.39 is 0 Å². The molecule has 0 bridgehead atoms. The number of nitrogens with one attached hydrogen (secondary N) is 1. The summed E-state index contributed by atoms with van der Waals surface area (Å²) >= 11 is 1.71. The second kappa shape index (κ2) is 6.53. The highest BCUT2D eigenvalue weighted by atomic mass is 32.1. The molecule has 3 nitrogen and oxygen atoms in total. The molecule has 1 aliphatic carbocycles. The Morgan fingerprint density at radius 3 is 2.77 bits per heavy atom. The summed E-state index contributed by atoms with van der Waals surface area (Å²) in [7, 11) is 0. The predicted molar refractivity (Wildman–Crippen MR) is 89.6 cm³/mol. The first-order chi connectivity index (χ1) is 10.6. The van der Waals surface area contributed by atoms with Crippen LogP contribution < -0.4 is 10.1 Å². The molecular weight excluding hydrogens is 294 g/mol. The number of aryl methyl sites for hydroxylation is 1. The van der Waals surface area contributed by atoms with Gasteiger partial charge in [0, 0.05) is 9.75 Å². The fourth-order valence-corrected chi connectivity index (χ4v) is 3.18. The molecular formula is C18H21NO2S. The van der Waals surface area contributed by atoms with E-state index in [-0.39, 0.29) is 11.9 Å². The summed E-state index contributed by atoms with van der Waals surface area (Å²) in [5.74, 6) is 1.27. The summed E-state index contributed by atoms with van der Waals surface area (Å²) in [4.78, 5) is 15.0. The largest absolute Gasteiger partial charge is 0.492 e. The molecule has 1 atom stereocenters. The zero-order valence-corrected chi connectivity index (χ0v) is 13.8. The fourth-order valence-electron chi connectivity index (χ4n) is 2.30. The van der Waals surface area contributed by atoms with Gasteiger partial charge in [-0.3, -0.25) is 4.79 Å². The molecule has 0 spiro atoms. The third-order valence-corrected chi connectivity index (χ3v) is 5.02. The average molecular weight is 315 g/mol. The number of thiophene rings is 1. The van der Waals surface area contributed by atoms with E-state index in [1.165, 1.54) is 22.6 Å². The van der Waals surface area contributed by atoms with Gasteiger partial charge in [-0.25, -0.2) is 0 Å². The number of rotatable bonds is 6. The van der Waals surface area contributed by atoms with Gasteiger partial charge in [0.05, 0.1) is 18.2 Å². The van der Waals surface area contributed by atoms with Gasteiger partial charge in [0.1, 0.15) is 5.75 Å². The molecule has 1 saturated carbocycles. The van der Waals surface area contributed by atoms with Crippen LogP contribution in [0.15, 0.2) is 36.4 Å². The van der Waals surface area contributed by atoms with E-state index >= 15 is 0 Å². The molecule has 22 heavy (non-hydrogen) atoms. The van der Waals surface area contributed by atoms with Gasteiger partial charge >= 0.3 is 0 Å². The van der Waals surface area contributed by atoms with E-state index in [1.807, 2.05) is 31.2 Å². The molecule has 2 aromatic rings. The summed E-state index contributed by atoms with van der Waals surface area (Å²) in [5, 5.41) is 3.06. The number of benzene rings is 1. The molecule has 4 heteroatoms. The van der Waals surface area contributed by atoms with Crippen LogP contribution in [0.25, 0.3) is 0 Å². The minimum Gasteiger partial charge on any atom is -0.492 e. The summed E-state index contributed by atoms with van der Waals surface area (Å²) in [5.41, 5.74) is 0.614. The van der Waals surface area contributed by atoms with Gasteiger partial charge in [0.15, 0.2) is 0 Å². The van der Waals surface area contributed by atoms with Gasteiger partial charge < -0.3 is 10.1 Å². The van der Waals surface area contributed by atoms with Crippen LogP contribution >= 0.6 is 11.3 Å². The van der Waals surface area contributed by atoms with Gasteiger partial charge in [-0.1, -0.05) is 12.1 Å². The molecule has 116 valence electrons. The predicted octanol–water partition coefficient (Wildman–Crippen LogP) is 4.34. The monoisotopic (exact) mass is 315 g/mol. The van der Waals surface area contributed by atoms with E-state index in [2.05, 4.69) is 24.4 Å². The van der Waals surface area contributed by atoms with Crippen molar-refractivity contribution < 1.29 is 9.53 Å². The zero-order valence-electron chi connectivity index (χ0n) is 13.0. The normalized spacial score (nSPS) is 15.4. The molecule has 0 radical (unpaired) electrons. The summed E-state index contributed by atoms with van der Waals surface area (Å²) in [6.45, 7) is 4.80. The molecule has 1 N–H and O–H groups in total. The highest BCUT2D eigenvalue weighted by Crippen LogP contribution is 2.30. The number of hydrogen-bond acceptors (Lipinski definition) is 3. The first kappa shape index (κ1) is 15.1. The van der Waals surface area contributed by atoms with Crippen molar-refractivity contribution in [2.75, 3.05) is 6.61 Å². The molecule has 1 unspecified atom stereocenters. The summed E-state index contributed by atoms with van der Waals surface area (Å²) in [6.07, 6.45) is 2.48. The second-order valence-corrected chi connectivity index (χ2v) is 7.21. The quantitative estimate of drug-likeness (QED) is 0.861. The first-order valence-corrected chi connectivity index (χ1v) is 8.54. The van der Waals surface area contributed by atoms with Crippen LogP contribution in [0.3, 0.4) is 0 Å². The summed E-state index contributed by atoms with van der Waals surface area (Å²) < 4.78 is 5.82. The lowest BCUT2D eigenvalue weighted by Crippen LogP contribution is -2.26. The average Bonchev–Trinajstić information content (AvgIpc) is 3.24. The number of carbonyl (C=O) groups excluding carboxylic acids is 1. The maximum Gasteiger partial charge on any atom is 0.255 e. The Morgan fingerprint density at radius 2 is 2.09 bits per heavy atom. The molecule has 0 saturated heterocycles. The molecule has 1 aromatic heterocycles. The van der Waals surface area contributed by atoms with Crippen LogP contribution in [-0.2, 0) is 0 Å². The Hall–Kier alpha value is -1.81. The minimum atomic E-state index is -0.0787. The Balaban J connectivity index is 1.68. The van der Waals surface area contributed by atoms with Crippen LogP contribution in [-0.4, -0.2) is 12.5 Å². The SMILES string of the molecule is Cc1ccc(C(C)NC(=O)c2ccccc2OCC2CC2)s1. The van der Waals surface area contributed by atoms with E-state index in [0.717, 1.165) is 0 Å². The number of para-hydroxylation sites is 1. The molecule has 1 aliphatic rings. The number of ether oxygens (including phenoxy) is 1. The van der Waals surface area contributed by atoms with Gasteiger partial charge in [0.25, 0.3) is 5.91 Å². The van der Waals surface area contributed by atoms with E-state index in [9.17, 15) is 4.79 Å². The Morgan fingerprint density at radius 1 is 1.32 bits per heavy atom. The summed E-state index contributed by atoms with van der Waals surface area (Å²) in [6, 6.07) is 11.6. The first-order valence-electron chi connectivity index (χ1n) is 7.72. The lowest BCUT2D eigenvalue weighted by Gasteiger charge is -2.15. The van der Waals surface area contributed by atoms with Crippen molar-refractivity contribution in [2.24, 2.45) is 5.92 Å². The highest BCUT2D eigenvalue weighted by Gasteiger charge is 2.23. The van der Waals surface area contributed by atoms with Crippen molar-refractivity contribution in [3.63, 3.8) is 0 Å². The smallest absolute Gasteiger partial charge is 0.255 e. The third-order valence-electron chi connectivity index (χ3n) is 3.84. The molecule has 1 amide bonds. The molecule has 0 aliphatic heterocycles. The van der Waals surface area contributed by atoms with Gasteiger partial charge in [-0.05, 0) is 56.9 Å². The van der Waals surface area contributed by atoms with Crippen LogP contribution in [0.2, 0.25) is 0 Å². The minimum absolute atomic E-state index is 0.00249. The third kappa shape index (κ3) is 3.69. The zero-order chi connectivity index (χ0) is 15.5. The number of carbonyl (C=O) groups is 1. The van der Waals surface area contributed by atoms with Crippen molar-refractivity contribution in [2.45, 2.75) is 32.7 Å². The van der Waals surface area contributed by atoms with Crippen molar-refractivity contribution in [3.05, 3.63) is 51.7 Å².